The third-order valence-corrected chi connectivity index (χ3v) is 3.93. The monoisotopic (exact) mass is 291 g/mol. The van der Waals surface area contributed by atoms with Gasteiger partial charge in [0.2, 0.25) is 5.91 Å². The van der Waals surface area contributed by atoms with Crippen molar-refractivity contribution in [2.45, 2.75) is 26.2 Å². The fraction of sp³-hybridized carbons (Fsp3) is 0.500. The van der Waals surface area contributed by atoms with E-state index in [2.05, 4.69) is 5.32 Å². The summed E-state index contributed by atoms with van der Waals surface area (Å²) >= 11 is 0. The lowest BCUT2D eigenvalue weighted by Gasteiger charge is -2.19. The molecule has 0 spiro atoms. The SMILES string of the molecule is COc1cccc(C2CC2C(=O)NCC(C)(C)C(=O)O)c1. The highest BCUT2D eigenvalue weighted by Gasteiger charge is 2.44. The third-order valence-electron chi connectivity index (χ3n) is 3.93. The van der Waals surface area contributed by atoms with Crippen LogP contribution in [0.1, 0.15) is 31.7 Å². The molecule has 114 valence electrons. The van der Waals surface area contributed by atoms with Crippen LogP contribution in [0.25, 0.3) is 0 Å². The van der Waals surface area contributed by atoms with Crippen LogP contribution in [0.15, 0.2) is 24.3 Å². The second-order valence-corrected chi connectivity index (χ2v) is 6.13. The average molecular weight is 291 g/mol. The van der Waals surface area contributed by atoms with Crippen LogP contribution in [0.3, 0.4) is 0 Å². The van der Waals surface area contributed by atoms with Crippen LogP contribution < -0.4 is 10.1 Å². The van der Waals surface area contributed by atoms with E-state index in [0.29, 0.717) is 0 Å². The van der Waals surface area contributed by atoms with Gasteiger partial charge in [0.25, 0.3) is 0 Å². The molecule has 0 radical (unpaired) electrons. The highest BCUT2D eigenvalue weighted by Crippen LogP contribution is 2.48. The Hall–Kier alpha value is -2.04. The molecule has 1 aromatic carbocycles. The minimum absolute atomic E-state index is 0.0679. The van der Waals surface area contributed by atoms with E-state index in [1.807, 2.05) is 24.3 Å². The first-order valence-electron chi connectivity index (χ1n) is 7.00. The summed E-state index contributed by atoms with van der Waals surface area (Å²) in [6.07, 6.45) is 0.798. The van der Waals surface area contributed by atoms with Crippen molar-refractivity contribution in [2.75, 3.05) is 13.7 Å². The van der Waals surface area contributed by atoms with Crippen molar-refractivity contribution in [3.05, 3.63) is 29.8 Å². The molecule has 5 heteroatoms. The molecule has 1 amide bonds. The molecule has 5 nitrogen and oxygen atoms in total. The highest BCUT2D eigenvalue weighted by molar-refractivity contribution is 5.84. The molecule has 1 aliphatic carbocycles. The zero-order chi connectivity index (χ0) is 15.6. The number of amides is 1. The third kappa shape index (κ3) is 3.54. The summed E-state index contributed by atoms with van der Waals surface area (Å²) in [6.45, 7) is 3.34. The first-order chi connectivity index (χ1) is 9.85. The van der Waals surface area contributed by atoms with Crippen molar-refractivity contribution in [3.8, 4) is 5.75 Å². The van der Waals surface area contributed by atoms with Crippen molar-refractivity contribution in [3.63, 3.8) is 0 Å². The van der Waals surface area contributed by atoms with Crippen molar-refractivity contribution in [1.82, 2.24) is 5.32 Å². The molecule has 2 unspecified atom stereocenters. The van der Waals surface area contributed by atoms with Gasteiger partial charge in [0, 0.05) is 12.5 Å². The minimum Gasteiger partial charge on any atom is -0.497 e. The zero-order valence-corrected chi connectivity index (χ0v) is 12.6. The number of hydrogen-bond donors (Lipinski definition) is 2. The summed E-state index contributed by atoms with van der Waals surface area (Å²) in [6, 6.07) is 7.71. The van der Waals surface area contributed by atoms with Gasteiger partial charge in [-0.3, -0.25) is 9.59 Å². The molecule has 0 bridgehead atoms. The van der Waals surface area contributed by atoms with E-state index < -0.39 is 11.4 Å². The van der Waals surface area contributed by atoms with Crippen molar-refractivity contribution in [1.29, 1.82) is 0 Å². The number of carboxylic acid groups (broad SMARTS) is 1. The van der Waals surface area contributed by atoms with Crippen LogP contribution >= 0.6 is 0 Å². The summed E-state index contributed by atoms with van der Waals surface area (Å²) in [5.41, 5.74) is 0.141. The molecule has 0 aromatic heterocycles. The first kappa shape index (κ1) is 15.4. The van der Waals surface area contributed by atoms with Crippen molar-refractivity contribution in [2.24, 2.45) is 11.3 Å². The molecule has 1 fully saturated rings. The number of benzene rings is 1. The van der Waals surface area contributed by atoms with E-state index in [0.717, 1.165) is 17.7 Å². The van der Waals surface area contributed by atoms with Gasteiger partial charge < -0.3 is 15.2 Å². The van der Waals surface area contributed by atoms with Gasteiger partial charge in [0.15, 0.2) is 0 Å². The second-order valence-electron chi connectivity index (χ2n) is 6.13. The predicted octanol–water partition coefficient (Wildman–Crippen LogP) is 2.03. The topological polar surface area (TPSA) is 75.6 Å². The summed E-state index contributed by atoms with van der Waals surface area (Å²) < 4.78 is 5.18. The lowest BCUT2D eigenvalue weighted by molar-refractivity contribution is -0.146. The average Bonchev–Trinajstić information content (AvgIpc) is 3.25. The number of aliphatic carboxylic acids is 1. The number of carbonyl (C=O) groups is 2. The van der Waals surface area contributed by atoms with Gasteiger partial charge in [-0.15, -0.1) is 0 Å². The fourth-order valence-corrected chi connectivity index (χ4v) is 2.24. The van der Waals surface area contributed by atoms with Crippen LogP contribution in [0.4, 0.5) is 0 Å². The summed E-state index contributed by atoms with van der Waals surface area (Å²) in [5, 5.41) is 11.8. The molecule has 2 N–H and O–H groups in total. The van der Waals surface area contributed by atoms with Crippen LogP contribution in [0, 0.1) is 11.3 Å². The lowest BCUT2D eigenvalue weighted by atomic mass is 9.94. The molecule has 21 heavy (non-hydrogen) atoms. The maximum atomic E-state index is 12.1. The molecule has 1 aliphatic rings. The molecular weight excluding hydrogens is 270 g/mol. The number of carboxylic acids is 1. The maximum Gasteiger partial charge on any atom is 0.310 e. The van der Waals surface area contributed by atoms with E-state index in [4.69, 9.17) is 9.84 Å². The molecule has 0 saturated heterocycles. The molecule has 2 rings (SSSR count). The van der Waals surface area contributed by atoms with Gasteiger partial charge in [-0.05, 0) is 43.9 Å². The molecule has 0 heterocycles. The van der Waals surface area contributed by atoms with Gasteiger partial charge in [-0.1, -0.05) is 12.1 Å². The lowest BCUT2D eigenvalue weighted by Crippen LogP contribution is -2.39. The van der Waals surface area contributed by atoms with Crippen LogP contribution in [-0.4, -0.2) is 30.6 Å². The minimum atomic E-state index is -0.948. The summed E-state index contributed by atoms with van der Waals surface area (Å²) in [4.78, 5) is 23.1. The van der Waals surface area contributed by atoms with Gasteiger partial charge in [-0.2, -0.15) is 0 Å². The van der Waals surface area contributed by atoms with Crippen LogP contribution in [0.2, 0.25) is 0 Å². The molecular formula is C16H21NO4. The standard InChI is InChI=1S/C16H21NO4/c1-16(2,15(19)20)9-17-14(18)13-8-12(13)10-5-4-6-11(7-10)21-3/h4-7,12-13H,8-9H2,1-3H3,(H,17,18)(H,19,20). The van der Waals surface area contributed by atoms with Gasteiger partial charge in [0.05, 0.1) is 12.5 Å². The van der Waals surface area contributed by atoms with Crippen LogP contribution in [0.5, 0.6) is 5.75 Å². The smallest absolute Gasteiger partial charge is 0.310 e. The molecule has 1 saturated carbocycles. The van der Waals surface area contributed by atoms with E-state index in [1.165, 1.54) is 0 Å². The molecule has 1 aromatic rings. The summed E-state index contributed by atoms with van der Waals surface area (Å²) in [7, 11) is 1.62. The highest BCUT2D eigenvalue weighted by atomic mass is 16.5. The Bertz CT molecular complexity index is 553. The molecule has 2 atom stereocenters. The van der Waals surface area contributed by atoms with E-state index in [-0.39, 0.29) is 24.3 Å². The predicted molar refractivity (Wildman–Crippen MR) is 78.3 cm³/mol. The van der Waals surface area contributed by atoms with Gasteiger partial charge in [-0.25, -0.2) is 0 Å². The number of ether oxygens (including phenoxy) is 1. The Morgan fingerprint density at radius 1 is 1.43 bits per heavy atom. The summed E-state index contributed by atoms with van der Waals surface area (Å²) in [5.74, 6) is -0.0691. The second kappa shape index (κ2) is 5.76. The Kier molecular flexibility index (Phi) is 4.21. The Balaban J connectivity index is 1.91. The van der Waals surface area contributed by atoms with Crippen LogP contribution in [-0.2, 0) is 9.59 Å². The van der Waals surface area contributed by atoms with Crippen molar-refractivity contribution >= 4 is 11.9 Å². The number of rotatable bonds is 6. The Labute approximate surface area is 124 Å². The van der Waals surface area contributed by atoms with E-state index in [1.54, 1.807) is 21.0 Å². The largest absolute Gasteiger partial charge is 0.497 e. The Morgan fingerprint density at radius 2 is 2.14 bits per heavy atom. The van der Waals surface area contributed by atoms with E-state index in [9.17, 15) is 9.59 Å². The van der Waals surface area contributed by atoms with E-state index >= 15 is 0 Å². The number of nitrogens with one attached hydrogen (secondary N) is 1. The Morgan fingerprint density at radius 3 is 2.76 bits per heavy atom. The number of hydrogen-bond acceptors (Lipinski definition) is 3. The normalized spacial score (nSPS) is 20.7. The molecule has 0 aliphatic heterocycles. The number of methoxy groups -OCH3 is 1. The van der Waals surface area contributed by atoms with Gasteiger partial charge >= 0.3 is 5.97 Å². The quantitative estimate of drug-likeness (QED) is 0.841. The van der Waals surface area contributed by atoms with Crippen molar-refractivity contribution < 1.29 is 19.4 Å². The zero-order valence-electron chi connectivity index (χ0n) is 12.6. The fourth-order valence-electron chi connectivity index (χ4n) is 2.24. The maximum absolute atomic E-state index is 12.1. The van der Waals surface area contributed by atoms with Gasteiger partial charge in [0.1, 0.15) is 5.75 Å². The first-order valence-corrected chi connectivity index (χ1v) is 7.00. The number of carbonyl (C=O) groups excluding carboxylic acids is 1.